The molecular weight excluding hydrogens is 340 g/mol. The SMILES string of the molecule is NC(=O)C1CCN(C(=O)c2ccc(S(=O)(=O)C3CCCC3)cc2)CC1. The van der Waals surface area contributed by atoms with Gasteiger partial charge >= 0.3 is 0 Å². The van der Waals surface area contributed by atoms with Gasteiger partial charge < -0.3 is 10.6 Å². The van der Waals surface area contributed by atoms with Crippen LogP contribution in [0.4, 0.5) is 0 Å². The maximum atomic E-state index is 12.6. The highest BCUT2D eigenvalue weighted by molar-refractivity contribution is 7.92. The van der Waals surface area contributed by atoms with Gasteiger partial charge in [-0.2, -0.15) is 0 Å². The van der Waals surface area contributed by atoms with Gasteiger partial charge in [0.05, 0.1) is 10.1 Å². The number of amides is 2. The lowest BCUT2D eigenvalue weighted by molar-refractivity contribution is -0.123. The first-order valence-corrected chi connectivity index (χ1v) is 10.4. The van der Waals surface area contributed by atoms with Gasteiger partial charge in [0, 0.05) is 24.6 Å². The molecule has 3 rings (SSSR count). The number of piperidine rings is 1. The molecule has 0 atom stereocenters. The molecule has 0 bridgehead atoms. The predicted molar refractivity (Wildman–Crippen MR) is 93.7 cm³/mol. The summed E-state index contributed by atoms with van der Waals surface area (Å²) in [5, 5.41) is -0.290. The first-order valence-electron chi connectivity index (χ1n) is 8.82. The number of carbonyl (C=O) groups is 2. The lowest BCUT2D eigenvalue weighted by Gasteiger charge is -2.30. The third kappa shape index (κ3) is 3.71. The zero-order chi connectivity index (χ0) is 18.0. The normalized spacial score (nSPS) is 19.9. The quantitative estimate of drug-likeness (QED) is 0.880. The summed E-state index contributed by atoms with van der Waals surface area (Å²) in [7, 11) is -3.30. The molecule has 1 saturated carbocycles. The first kappa shape index (κ1) is 17.9. The minimum atomic E-state index is -3.30. The molecule has 1 heterocycles. The number of nitrogens with zero attached hydrogens (tertiary/aromatic N) is 1. The summed E-state index contributed by atoms with van der Waals surface area (Å²) in [5.41, 5.74) is 5.78. The Morgan fingerprint density at radius 2 is 1.52 bits per heavy atom. The molecule has 2 aliphatic rings. The van der Waals surface area contributed by atoms with Gasteiger partial charge in [0.25, 0.3) is 5.91 Å². The number of likely N-dealkylation sites (tertiary alicyclic amines) is 1. The largest absolute Gasteiger partial charge is 0.369 e. The Morgan fingerprint density at radius 3 is 2.04 bits per heavy atom. The molecule has 2 fully saturated rings. The lowest BCUT2D eigenvalue weighted by Crippen LogP contribution is -2.41. The van der Waals surface area contributed by atoms with Crippen LogP contribution in [0.3, 0.4) is 0 Å². The number of nitrogens with two attached hydrogens (primary N) is 1. The van der Waals surface area contributed by atoms with Gasteiger partial charge in [-0.1, -0.05) is 12.8 Å². The third-order valence-electron chi connectivity index (χ3n) is 5.36. The third-order valence-corrected chi connectivity index (χ3v) is 7.63. The van der Waals surface area contributed by atoms with Gasteiger partial charge in [-0.25, -0.2) is 8.42 Å². The maximum absolute atomic E-state index is 12.6. The Labute approximate surface area is 148 Å². The molecule has 1 aromatic carbocycles. The lowest BCUT2D eigenvalue weighted by atomic mass is 9.96. The van der Waals surface area contributed by atoms with Crippen LogP contribution in [0.1, 0.15) is 48.9 Å². The van der Waals surface area contributed by atoms with E-state index < -0.39 is 9.84 Å². The number of sulfone groups is 1. The van der Waals surface area contributed by atoms with Gasteiger partial charge in [-0.3, -0.25) is 9.59 Å². The smallest absolute Gasteiger partial charge is 0.253 e. The van der Waals surface area contributed by atoms with Crippen molar-refractivity contribution in [3.8, 4) is 0 Å². The molecule has 0 radical (unpaired) electrons. The molecule has 1 aromatic rings. The molecule has 2 amide bonds. The van der Waals surface area contributed by atoms with E-state index in [1.54, 1.807) is 17.0 Å². The molecule has 0 unspecified atom stereocenters. The molecule has 136 valence electrons. The zero-order valence-corrected chi connectivity index (χ0v) is 15.0. The van der Waals surface area contributed by atoms with Crippen LogP contribution in [-0.4, -0.2) is 43.5 Å². The summed E-state index contributed by atoms with van der Waals surface area (Å²) in [4.78, 5) is 25.7. The van der Waals surface area contributed by atoms with Crippen LogP contribution in [0.25, 0.3) is 0 Å². The van der Waals surface area contributed by atoms with E-state index in [-0.39, 0.29) is 23.0 Å². The standard InChI is InChI=1S/C18H24N2O4S/c19-17(21)13-9-11-20(12-10-13)18(22)14-5-7-16(8-6-14)25(23,24)15-3-1-2-4-15/h5-8,13,15H,1-4,9-12H2,(H2,19,21). The Bertz CT molecular complexity index is 744. The summed E-state index contributed by atoms with van der Waals surface area (Å²) in [5.74, 6) is -0.607. The summed E-state index contributed by atoms with van der Waals surface area (Å²) < 4.78 is 25.2. The number of rotatable bonds is 4. The monoisotopic (exact) mass is 364 g/mol. The van der Waals surface area contributed by atoms with Gasteiger partial charge in [0.1, 0.15) is 0 Å². The summed E-state index contributed by atoms with van der Waals surface area (Å²) in [6.07, 6.45) is 4.52. The summed E-state index contributed by atoms with van der Waals surface area (Å²) >= 11 is 0. The summed E-state index contributed by atoms with van der Waals surface area (Å²) in [6, 6.07) is 6.25. The average molecular weight is 364 g/mol. The second-order valence-corrected chi connectivity index (χ2v) is 9.17. The molecule has 6 nitrogen and oxygen atoms in total. The van der Waals surface area contributed by atoms with Crippen LogP contribution in [0.2, 0.25) is 0 Å². The van der Waals surface area contributed by atoms with Gasteiger partial charge in [0.15, 0.2) is 9.84 Å². The van der Waals surface area contributed by atoms with Crippen LogP contribution < -0.4 is 5.73 Å². The van der Waals surface area contributed by atoms with Gasteiger partial charge in [-0.15, -0.1) is 0 Å². The van der Waals surface area contributed by atoms with Crippen molar-refractivity contribution in [1.82, 2.24) is 4.90 Å². The van der Waals surface area contributed by atoms with Crippen molar-refractivity contribution >= 4 is 21.7 Å². The molecule has 25 heavy (non-hydrogen) atoms. The predicted octanol–water partition coefficient (Wildman–Crippen LogP) is 1.74. The fourth-order valence-electron chi connectivity index (χ4n) is 3.73. The van der Waals surface area contributed by atoms with Gasteiger partial charge in [-0.05, 0) is 49.9 Å². The topological polar surface area (TPSA) is 97.5 Å². The minimum Gasteiger partial charge on any atom is -0.369 e. The van der Waals surface area contributed by atoms with E-state index in [1.807, 2.05) is 0 Å². The van der Waals surface area contributed by atoms with Crippen molar-refractivity contribution in [3.63, 3.8) is 0 Å². The minimum absolute atomic E-state index is 0.132. The van der Waals surface area contributed by atoms with Crippen LogP contribution in [0.5, 0.6) is 0 Å². The molecule has 1 aliphatic carbocycles. The van der Waals surface area contributed by atoms with Crippen LogP contribution in [0, 0.1) is 5.92 Å². The number of benzene rings is 1. The van der Waals surface area contributed by atoms with E-state index in [1.165, 1.54) is 12.1 Å². The highest BCUT2D eigenvalue weighted by Crippen LogP contribution is 2.29. The van der Waals surface area contributed by atoms with E-state index >= 15 is 0 Å². The number of primary amides is 1. The van der Waals surface area contributed by atoms with Crippen LogP contribution >= 0.6 is 0 Å². The Morgan fingerprint density at radius 1 is 0.960 bits per heavy atom. The van der Waals surface area contributed by atoms with Crippen LogP contribution in [0.15, 0.2) is 29.2 Å². The molecule has 7 heteroatoms. The zero-order valence-electron chi connectivity index (χ0n) is 14.2. The second kappa shape index (κ2) is 7.15. The molecule has 1 aliphatic heterocycles. The number of carbonyl (C=O) groups excluding carboxylic acids is 2. The van der Waals surface area contributed by atoms with Crippen molar-refractivity contribution in [2.45, 2.75) is 48.7 Å². The fraction of sp³-hybridized carbons (Fsp3) is 0.556. The molecule has 1 saturated heterocycles. The number of hydrogen-bond donors (Lipinski definition) is 1. The van der Waals surface area contributed by atoms with Gasteiger partial charge in [0.2, 0.25) is 5.91 Å². The van der Waals surface area contributed by atoms with Crippen molar-refractivity contribution in [3.05, 3.63) is 29.8 Å². The first-order chi connectivity index (χ1) is 11.9. The highest BCUT2D eigenvalue weighted by atomic mass is 32.2. The second-order valence-electron chi connectivity index (χ2n) is 6.94. The van der Waals surface area contributed by atoms with Crippen molar-refractivity contribution < 1.29 is 18.0 Å². The van der Waals surface area contributed by atoms with E-state index in [9.17, 15) is 18.0 Å². The van der Waals surface area contributed by atoms with E-state index in [4.69, 9.17) is 5.73 Å². The van der Waals surface area contributed by atoms with Crippen molar-refractivity contribution in [2.24, 2.45) is 11.7 Å². The van der Waals surface area contributed by atoms with Crippen LogP contribution in [-0.2, 0) is 14.6 Å². The molecule has 2 N–H and O–H groups in total. The number of hydrogen-bond acceptors (Lipinski definition) is 4. The Kier molecular flexibility index (Phi) is 5.13. The summed E-state index contributed by atoms with van der Waals surface area (Å²) in [6.45, 7) is 0.989. The van der Waals surface area contributed by atoms with E-state index in [2.05, 4.69) is 0 Å². The molecule has 0 spiro atoms. The molecular formula is C18H24N2O4S. The fourth-order valence-corrected chi connectivity index (χ4v) is 5.58. The Balaban J connectivity index is 1.68. The van der Waals surface area contributed by atoms with E-state index in [0.29, 0.717) is 36.4 Å². The molecule has 0 aromatic heterocycles. The van der Waals surface area contributed by atoms with E-state index in [0.717, 1.165) is 25.7 Å². The van der Waals surface area contributed by atoms with Crippen molar-refractivity contribution in [2.75, 3.05) is 13.1 Å². The highest BCUT2D eigenvalue weighted by Gasteiger charge is 2.31. The maximum Gasteiger partial charge on any atom is 0.253 e. The van der Waals surface area contributed by atoms with Crippen molar-refractivity contribution in [1.29, 1.82) is 0 Å². The average Bonchev–Trinajstić information content (AvgIpc) is 3.17. The Hall–Kier alpha value is -1.89.